The molecular weight excluding hydrogens is 279 g/mol. The van der Waals surface area contributed by atoms with Crippen molar-refractivity contribution in [2.45, 2.75) is 39.3 Å². The summed E-state index contributed by atoms with van der Waals surface area (Å²) in [5.74, 6) is 0.649. The Morgan fingerprint density at radius 1 is 1.37 bits per heavy atom. The number of benzene rings is 1. The SMILES string of the molecule is CCC(C)C1CN(c2c(Cl)cccc2Cl)C(C)CN1. The predicted octanol–water partition coefficient (Wildman–Crippen LogP) is 4.21. The molecule has 2 rings (SSSR count). The Kier molecular flexibility index (Phi) is 4.99. The summed E-state index contributed by atoms with van der Waals surface area (Å²) in [6.07, 6.45) is 1.18. The highest BCUT2D eigenvalue weighted by Crippen LogP contribution is 2.36. The Labute approximate surface area is 126 Å². The maximum Gasteiger partial charge on any atom is 0.0748 e. The second-order valence-electron chi connectivity index (χ2n) is 5.47. The van der Waals surface area contributed by atoms with Crippen LogP contribution < -0.4 is 10.2 Å². The summed E-state index contributed by atoms with van der Waals surface area (Å²) in [5.41, 5.74) is 0.980. The van der Waals surface area contributed by atoms with E-state index in [-0.39, 0.29) is 0 Å². The van der Waals surface area contributed by atoms with Gasteiger partial charge in [-0.3, -0.25) is 0 Å². The molecule has 4 heteroatoms. The van der Waals surface area contributed by atoms with Crippen molar-refractivity contribution in [1.29, 1.82) is 0 Å². The number of hydrogen-bond acceptors (Lipinski definition) is 2. The first-order valence-corrected chi connectivity index (χ1v) is 7.74. The molecule has 1 aromatic rings. The molecule has 0 spiro atoms. The van der Waals surface area contributed by atoms with E-state index in [2.05, 4.69) is 31.0 Å². The van der Waals surface area contributed by atoms with Crippen LogP contribution in [-0.2, 0) is 0 Å². The second kappa shape index (κ2) is 6.34. The van der Waals surface area contributed by atoms with Crippen molar-refractivity contribution < 1.29 is 0 Å². The molecule has 2 nitrogen and oxygen atoms in total. The molecule has 0 saturated carbocycles. The van der Waals surface area contributed by atoms with Crippen LogP contribution in [0, 0.1) is 5.92 Å². The van der Waals surface area contributed by atoms with Gasteiger partial charge in [-0.05, 0) is 25.0 Å². The molecule has 1 fully saturated rings. The van der Waals surface area contributed by atoms with Crippen LogP contribution in [0.5, 0.6) is 0 Å². The maximum absolute atomic E-state index is 6.34. The van der Waals surface area contributed by atoms with Gasteiger partial charge in [-0.25, -0.2) is 0 Å². The minimum absolute atomic E-state index is 0.401. The molecule has 1 saturated heterocycles. The normalized spacial score (nSPS) is 25.4. The van der Waals surface area contributed by atoms with Crippen molar-refractivity contribution in [1.82, 2.24) is 5.32 Å². The number of nitrogens with one attached hydrogen (secondary N) is 1. The van der Waals surface area contributed by atoms with Crippen LogP contribution in [0.15, 0.2) is 18.2 Å². The molecule has 106 valence electrons. The number of nitrogens with zero attached hydrogens (tertiary/aromatic N) is 1. The highest BCUT2D eigenvalue weighted by molar-refractivity contribution is 6.39. The van der Waals surface area contributed by atoms with Crippen LogP contribution in [-0.4, -0.2) is 25.2 Å². The molecule has 1 aromatic carbocycles. The zero-order valence-electron chi connectivity index (χ0n) is 11.8. The lowest BCUT2D eigenvalue weighted by Crippen LogP contribution is -2.57. The van der Waals surface area contributed by atoms with Gasteiger partial charge in [0.2, 0.25) is 0 Å². The van der Waals surface area contributed by atoms with Crippen LogP contribution >= 0.6 is 23.2 Å². The van der Waals surface area contributed by atoms with E-state index in [1.54, 1.807) is 0 Å². The van der Waals surface area contributed by atoms with Crippen LogP contribution in [0.1, 0.15) is 27.2 Å². The fourth-order valence-corrected chi connectivity index (χ4v) is 3.24. The largest absolute Gasteiger partial charge is 0.364 e. The lowest BCUT2D eigenvalue weighted by atomic mass is 9.95. The van der Waals surface area contributed by atoms with Crippen molar-refractivity contribution in [3.8, 4) is 0 Å². The van der Waals surface area contributed by atoms with Gasteiger partial charge in [0.25, 0.3) is 0 Å². The molecule has 0 bridgehead atoms. The van der Waals surface area contributed by atoms with Gasteiger partial charge in [0, 0.05) is 25.2 Å². The first-order chi connectivity index (χ1) is 9.04. The molecule has 0 radical (unpaired) electrons. The number of para-hydroxylation sites is 1. The monoisotopic (exact) mass is 300 g/mol. The summed E-state index contributed by atoms with van der Waals surface area (Å²) in [6, 6.07) is 6.62. The predicted molar refractivity (Wildman–Crippen MR) is 84.5 cm³/mol. The summed E-state index contributed by atoms with van der Waals surface area (Å²) >= 11 is 12.7. The van der Waals surface area contributed by atoms with Gasteiger partial charge in [-0.1, -0.05) is 49.5 Å². The summed E-state index contributed by atoms with van der Waals surface area (Å²) in [6.45, 7) is 8.66. The molecular formula is C15H22Cl2N2. The topological polar surface area (TPSA) is 15.3 Å². The lowest BCUT2D eigenvalue weighted by Gasteiger charge is -2.43. The van der Waals surface area contributed by atoms with Crippen molar-refractivity contribution in [2.75, 3.05) is 18.0 Å². The van der Waals surface area contributed by atoms with E-state index in [0.717, 1.165) is 28.8 Å². The van der Waals surface area contributed by atoms with Gasteiger partial charge in [0.05, 0.1) is 15.7 Å². The first-order valence-electron chi connectivity index (χ1n) is 6.98. The van der Waals surface area contributed by atoms with E-state index in [1.165, 1.54) is 6.42 Å². The van der Waals surface area contributed by atoms with Gasteiger partial charge in [-0.2, -0.15) is 0 Å². The van der Waals surface area contributed by atoms with Gasteiger partial charge in [0.15, 0.2) is 0 Å². The number of anilines is 1. The molecule has 3 unspecified atom stereocenters. The summed E-state index contributed by atoms with van der Waals surface area (Å²) in [4.78, 5) is 2.35. The average Bonchev–Trinajstić information content (AvgIpc) is 2.39. The number of halogens is 2. The Morgan fingerprint density at radius 2 is 2.00 bits per heavy atom. The number of piperazine rings is 1. The van der Waals surface area contributed by atoms with E-state index >= 15 is 0 Å². The molecule has 1 aliphatic rings. The Morgan fingerprint density at radius 3 is 2.58 bits per heavy atom. The van der Waals surface area contributed by atoms with Gasteiger partial charge in [0.1, 0.15) is 0 Å². The minimum Gasteiger partial charge on any atom is -0.364 e. The second-order valence-corrected chi connectivity index (χ2v) is 6.29. The van der Waals surface area contributed by atoms with Gasteiger partial charge in [-0.15, -0.1) is 0 Å². The third-order valence-electron chi connectivity index (χ3n) is 4.16. The third-order valence-corrected chi connectivity index (χ3v) is 4.77. The molecule has 19 heavy (non-hydrogen) atoms. The quantitative estimate of drug-likeness (QED) is 0.900. The molecule has 1 N–H and O–H groups in total. The molecule has 3 atom stereocenters. The van der Waals surface area contributed by atoms with Crippen molar-refractivity contribution in [2.24, 2.45) is 5.92 Å². The van der Waals surface area contributed by atoms with Gasteiger partial charge < -0.3 is 10.2 Å². The first kappa shape index (κ1) is 15.0. The maximum atomic E-state index is 6.34. The van der Waals surface area contributed by atoms with Crippen LogP contribution in [0.3, 0.4) is 0 Å². The molecule has 1 aliphatic heterocycles. The summed E-state index contributed by atoms with van der Waals surface area (Å²) in [5, 5.41) is 5.11. The Balaban J connectivity index is 2.26. The van der Waals surface area contributed by atoms with Crippen molar-refractivity contribution >= 4 is 28.9 Å². The summed E-state index contributed by atoms with van der Waals surface area (Å²) < 4.78 is 0. The van der Waals surface area contributed by atoms with Gasteiger partial charge >= 0.3 is 0 Å². The standard InChI is InChI=1S/C15H22Cl2N2/c1-4-10(2)14-9-19(11(3)8-18-14)15-12(16)6-5-7-13(15)17/h5-7,10-11,14,18H,4,8-9H2,1-3H3. The molecule has 1 heterocycles. The van der Waals surface area contributed by atoms with Crippen LogP contribution in [0.2, 0.25) is 10.0 Å². The number of rotatable bonds is 3. The smallest absolute Gasteiger partial charge is 0.0748 e. The van der Waals surface area contributed by atoms with E-state index < -0.39 is 0 Å². The van der Waals surface area contributed by atoms with E-state index in [0.29, 0.717) is 18.0 Å². The third kappa shape index (κ3) is 3.18. The van der Waals surface area contributed by atoms with Crippen LogP contribution in [0.4, 0.5) is 5.69 Å². The van der Waals surface area contributed by atoms with Crippen LogP contribution in [0.25, 0.3) is 0 Å². The van der Waals surface area contributed by atoms with Crippen molar-refractivity contribution in [3.63, 3.8) is 0 Å². The molecule has 0 amide bonds. The zero-order chi connectivity index (χ0) is 14.0. The van der Waals surface area contributed by atoms with E-state index in [1.807, 2.05) is 18.2 Å². The number of hydrogen-bond donors (Lipinski definition) is 1. The highest BCUT2D eigenvalue weighted by atomic mass is 35.5. The Hall–Kier alpha value is -0.440. The fraction of sp³-hybridized carbons (Fsp3) is 0.600. The van der Waals surface area contributed by atoms with E-state index in [4.69, 9.17) is 23.2 Å². The summed E-state index contributed by atoms with van der Waals surface area (Å²) in [7, 11) is 0. The molecule has 0 aliphatic carbocycles. The fourth-order valence-electron chi connectivity index (χ4n) is 2.63. The lowest BCUT2D eigenvalue weighted by molar-refractivity contribution is 0.316. The highest BCUT2D eigenvalue weighted by Gasteiger charge is 2.29. The zero-order valence-corrected chi connectivity index (χ0v) is 13.3. The minimum atomic E-state index is 0.401. The molecule has 0 aromatic heterocycles. The van der Waals surface area contributed by atoms with Crippen molar-refractivity contribution in [3.05, 3.63) is 28.2 Å². The Bertz CT molecular complexity index is 416. The average molecular weight is 301 g/mol. The van der Waals surface area contributed by atoms with E-state index in [9.17, 15) is 0 Å².